The number of nitrogens with two attached hydrogens (primary N) is 1. The number of morpholine rings is 5. The maximum atomic E-state index is 14.9. The summed E-state index contributed by atoms with van der Waals surface area (Å²) >= 11 is 0. The zero-order valence-corrected chi connectivity index (χ0v) is 58.5. The van der Waals surface area contributed by atoms with Gasteiger partial charge in [0.1, 0.15) is 31.4 Å². The van der Waals surface area contributed by atoms with Crippen molar-refractivity contribution in [1.82, 2.24) is 43.6 Å². The summed E-state index contributed by atoms with van der Waals surface area (Å²) in [4.78, 5) is 74.6. The quantitative estimate of drug-likeness (QED) is 0.0324. The lowest BCUT2D eigenvalue weighted by molar-refractivity contribution is -0.152. The maximum Gasteiger partial charge on any atom is 0.346 e. The van der Waals surface area contributed by atoms with Crippen molar-refractivity contribution in [2.24, 2.45) is 5.90 Å². The van der Waals surface area contributed by atoms with E-state index in [2.05, 4.69) is 53.4 Å². The first-order valence-electron chi connectivity index (χ1n) is 32.4. The molecule has 0 aliphatic carbocycles. The van der Waals surface area contributed by atoms with Gasteiger partial charge in [0.05, 0.1) is 101 Å². The molecule has 10 atom stereocenters. The Kier molecular flexibility index (Phi) is 38.4. The van der Waals surface area contributed by atoms with E-state index in [1.165, 1.54) is 11.4 Å². The second-order valence-electron chi connectivity index (χ2n) is 25.9. The van der Waals surface area contributed by atoms with Crippen molar-refractivity contribution < 1.29 is 100 Å². The molecule has 95 heavy (non-hydrogen) atoms. The van der Waals surface area contributed by atoms with Crippen molar-refractivity contribution in [3.05, 3.63) is 0 Å². The molecule has 6 N–H and O–H groups in total. The van der Waals surface area contributed by atoms with Gasteiger partial charge in [-0.25, -0.2) is 24.6 Å². The highest BCUT2D eigenvalue weighted by Crippen LogP contribution is 2.57. The summed E-state index contributed by atoms with van der Waals surface area (Å²) in [5.41, 5.74) is -0.479. The molecule has 10 unspecified atom stereocenters. The van der Waals surface area contributed by atoms with E-state index in [4.69, 9.17) is 89.0 Å². The first kappa shape index (κ1) is 86.2. The molecule has 0 aromatic rings. The third-order valence-corrected chi connectivity index (χ3v) is 21.0. The Hall–Kier alpha value is -2.98. The standard InChI is InChI=1S/C26H43B2N4O11P.C21H41B2N4O5P.C6H13NO.C4H4O3.CH4.H3NO/c1-26(2,3)40-16-19-13-32(15-21(28)43-19)44(39,31-10-8-29(9-11-31)22(33)4-6-24(35)36)41-17-18-12-30(14-20(27)42-18)23(34)5-7-25(37)38;1-16(2)29-14-18-11-27(13-20(23)32-18)33(28,26-8-6-24-7-9-26)30-15-17-10-25(21(3,4)5)12-19(22)31-17;1-2-7-3-5-8-6-4-7;5-3-1-2-4(6)7-3;;1-2/h18-21H,4-17H2,1-3H3,(H,35,36)(H,37,38);16-20,24H,6-15H2,1-5H3;2-6H2,1H3;1-2H2;1H4;2H,1H2. The van der Waals surface area contributed by atoms with Crippen molar-refractivity contribution >= 4 is 82.4 Å². The second kappa shape index (κ2) is 42.3. The number of aliphatic carboxylic acids is 2. The van der Waals surface area contributed by atoms with Crippen LogP contribution in [0.5, 0.6) is 0 Å². The number of rotatable bonds is 22. The maximum absolute atomic E-state index is 14.9. The molecular weight excluding hydrogens is 1280 g/mol. The van der Waals surface area contributed by atoms with E-state index in [-0.39, 0.29) is 154 Å². The van der Waals surface area contributed by atoms with Gasteiger partial charge in [-0.05, 0) is 61.9 Å². The number of amides is 2. The topological polar surface area (TPSA) is 354 Å². The summed E-state index contributed by atoms with van der Waals surface area (Å²) in [6.45, 7) is 30.3. The molecule has 8 saturated heterocycles. The number of carboxylic acid groups (broad SMARTS) is 2. The van der Waals surface area contributed by atoms with Crippen LogP contribution in [0.25, 0.3) is 0 Å². The number of hydrogen-bond acceptors (Lipinski definition) is 23. The fourth-order valence-corrected chi connectivity index (χ4v) is 15.9. The van der Waals surface area contributed by atoms with Gasteiger partial charge in [-0.3, -0.25) is 47.7 Å². The Balaban J connectivity index is 0.000000400. The van der Waals surface area contributed by atoms with Gasteiger partial charge in [-0.1, -0.05) is 14.4 Å². The highest BCUT2D eigenvalue weighted by molar-refractivity contribution is 7.54. The minimum atomic E-state index is -3.84. The molecule has 8 rings (SSSR count). The number of cyclic esters (lactones) is 2. The van der Waals surface area contributed by atoms with Gasteiger partial charge < -0.3 is 77.5 Å². The summed E-state index contributed by atoms with van der Waals surface area (Å²) in [6.07, 6.45) is -2.08. The van der Waals surface area contributed by atoms with Crippen LogP contribution in [-0.2, 0) is 84.8 Å². The second-order valence-corrected chi connectivity index (χ2v) is 30.6. The molecule has 37 heteroatoms. The zero-order valence-electron chi connectivity index (χ0n) is 56.7. The SMILES string of the molecule is C.CCN1CCOCC1.NO.O=C1CCC(=O)O1.[B]C1CN(C(=O)CCC(=O)O)CC(COP(=O)(N2CCN(C(=O)CCC(=O)O)CC2)N2CC([B])OC(COC(C)(C)C)C2)O1.[B]C1CN(C(C)(C)C)CC(COP(=O)(N2CCNCC2)N2CC([B])OC(COC(C)C)C2)O1. The Morgan fingerprint density at radius 2 is 1.01 bits per heavy atom. The lowest BCUT2D eigenvalue weighted by Gasteiger charge is -2.47. The van der Waals surface area contributed by atoms with Crippen LogP contribution in [0.2, 0.25) is 0 Å². The molecule has 31 nitrogen and oxygen atoms in total. The monoisotopic (exact) mass is 1390 g/mol. The molecule has 0 bridgehead atoms. The minimum absolute atomic E-state index is 0. The number of nitrogens with zero attached hydrogens (tertiary/aromatic N) is 8. The van der Waals surface area contributed by atoms with Crippen LogP contribution in [0, 0.1) is 0 Å². The first-order valence-corrected chi connectivity index (χ1v) is 35.5. The number of carbonyl (C=O) groups is 6. The average Bonchev–Trinajstić information content (AvgIpc) is 0.993. The van der Waals surface area contributed by atoms with Gasteiger partial charge in [-0.15, -0.1) is 0 Å². The fraction of sp³-hybridized carbons (Fsp3) is 0.897. The van der Waals surface area contributed by atoms with Crippen LogP contribution in [0.1, 0.15) is 108 Å². The Morgan fingerprint density at radius 3 is 1.43 bits per heavy atom. The molecule has 8 heterocycles. The fourth-order valence-electron chi connectivity index (χ4n) is 10.9. The highest BCUT2D eigenvalue weighted by Gasteiger charge is 2.47. The van der Waals surface area contributed by atoms with E-state index in [0.717, 1.165) is 39.4 Å². The number of likely N-dealkylation sites (N-methyl/N-ethyl adjacent to an activating group) is 1. The van der Waals surface area contributed by atoms with Crippen molar-refractivity contribution in [2.45, 2.75) is 174 Å². The number of carboxylic acids is 2. The normalized spacial score (nSPS) is 27.6. The van der Waals surface area contributed by atoms with E-state index >= 15 is 0 Å². The summed E-state index contributed by atoms with van der Waals surface area (Å²) in [7, 11) is 17.4. The number of ether oxygens (including phenoxy) is 8. The number of carbonyl (C=O) groups excluding carboxylic acids is 4. The number of esters is 2. The Morgan fingerprint density at radius 1 is 0.579 bits per heavy atom. The van der Waals surface area contributed by atoms with E-state index < -0.39 is 81.0 Å². The number of piperazine rings is 2. The summed E-state index contributed by atoms with van der Waals surface area (Å²) in [5.74, 6) is -0.127. The van der Waals surface area contributed by atoms with E-state index in [0.29, 0.717) is 45.9 Å². The molecule has 0 spiro atoms. The number of nitrogens with one attached hydrogen (secondary N) is 1. The predicted molar refractivity (Wildman–Crippen MR) is 355 cm³/mol. The van der Waals surface area contributed by atoms with E-state index in [1.807, 2.05) is 44.0 Å². The molecule has 0 aromatic heterocycles. The van der Waals surface area contributed by atoms with Gasteiger partial charge in [0, 0.05) is 160 Å². The van der Waals surface area contributed by atoms with Gasteiger partial charge in [0.15, 0.2) is 0 Å². The van der Waals surface area contributed by atoms with Crippen molar-refractivity contribution in [3.63, 3.8) is 0 Å². The smallest absolute Gasteiger partial charge is 0.346 e. The molecule has 8 aliphatic rings. The molecule has 8 radical (unpaired) electrons. The molecule has 538 valence electrons. The van der Waals surface area contributed by atoms with Crippen molar-refractivity contribution in [1.29, 1.82) is 0 Å². The molecule has 8 fully saturated rings. The van der Waals surface area contributed by atoms with E-state index in [1.54, 1.807) is 14.2 Å². The van der Waals surface area contributed by atoms with Gasteiger partial charge in [-0.2, -0.15) is 0 Å². The minimum Gasteiger partial charge on any atom is -0.481 e. The van der Waals surface area contributed by atoms with Crippen LogP contribution in [0.3, 0.4) is 0 Å². The number of hydrogen-bond donors (Lipinski definition) is 5. The molecule has 2 amide bonds. The Labute approximate surface area is 568 Å². The van der Waals surface area contributed by atoms with Crippen molar-refractivity contribution in [2.75, 3.05) is 164 Å². The van der Waals surface area contributed by atoms with Crippen LogP contribution < -0.4 is 11.2 Å². The Bertz CT molecular complexity index is 2420. The molecule has 0 aromatic carbocycles. The largest absolute Gasteiger partial charge is 0.481 e. The van der Waals surface area contributed by atoms with Gasteiger partial charge in [0.25, 0.3) is 0 Å². The van der Waals surface area contributed by atoms with Gasteiger partial charge in [0.2, 0.25) is 11.8 Å². The lowest BCUT2D eigenvalue weighted by atomic mass is 9.94. The van der Waals surface area contributed by atoms with E-state index in [9.17, 15) is 37.9 Å². The lowest BCUT2D eigenvalue weighted by Crippen LogP contribution is -2.56. The summed E-state index contributed by atoms with van der Waals surface area (Å²) in [5, 5.41) is 27.7. The van der Waals surface area contributed by atoms with Crippen LogP contribution in [0.15, 0.2) is 0 Å². The summed E-state index contributed by atoms with van der Waals surface area (Å²) < 4.78 is 93.4. The highest BCUT2D eigenvalue weighted by atomic mass is 31.2. The van der Waals surface area contributed by atoms with Crippen LogP contribution in [-0.4, -0.2) is 350 Å². The average molecular weight is 1390 g/mol. The molecular formula is C58H108B4N10O21P2. The van der Waals surface area contributed by atoms with Crippen LogP contribution >= 0.6 is 15.3 Å². The molecule has 8 aliphatic heterocycles. The first-order chi connectivity index (χ1) is 44.2. The molecule has 0 saturated carbocycles. The zero-order chi connectivity index (χ0) is 70.0. The third kappa shape index (κ3) is 30.8. The third-order valence-electron chi connectivity index (χ3n) is 15.8. The van der Waals surface area contributed by atoms with Gasteiger partial charge >= 0.3 is 39.2 Å². The van der Waals surface area contributed by atoms with Crippen molar-refractivity contribution in [3.8, 4) is 0 Å². The summed E-state index contributed by atoms with van der Waals surface area (Å²) in [6, 6.07) is -2.59. The predicted octanol–water partition coefficient (Wildman–Crippen LogP) is 0.507. The van der Waals surface area contributed by atoms with Crippen LogP contribution in [0.4, 0.5) is 0 Å².